The first kappa shape index (κ1) is 24.6. The van der Waals surface area contributed by atoms with Crippen LogP contribution in [0.25, 0.3) is 0 Å². The number of aliphatic hydroxyl groups is 1. The topological polar surface area (TPSA) is 83.5 Å². The van der Waals surface area contributed by atoms with Gasteiger partial charge in [0, 0.05) is 37.7 Å². The highest BCUT2D eigenvalue weighted by Gasteiger charge is 2.51. The molecule has 7 heteroatoms. The maximum absolute atomic E-state index is 13.3. The molecule has 0 radical (unpaired) electrons. The van der Waals surface area contributed by atoms with E-state index in [9.17, 15) is 14.3 Å². The van der Waals surface area contributed by atoms with Crippen molar-refractivity contribution in [3.05, 3.63) is 59.0 Å². The fourth-order valence-corrected chi connectivity index (χ4v) is 4.74. The molecule has 3 N–H and O–H groups in total. The molecule has 1 aromatic heterocycles. The second-order valence-corrected chi connectivity index (χ2v) is 11.1. The van der Waals surface area contributed by atoms with E-state index in [4.69, 9.17) is 4.74 Å². The number of hydrogen-bond acceptors (Lipinski definition) is 5. The van der Waals surface area contributed by atoms with Crippen LogP contribution < -0.4 is 15.4 Å². The third-order valence-electron chi connectivity index (χ3n) is 6.54. The molecular formula is C27H36FN3O3. The van der Waals surface area contributed by atoms with Crippen molar-refractivity contribution in [2.45, 2.75) is 83.6 Å². The third-order valence-corrected chi connectivity index (χ3v) is 6.54. The summed E-state index contributed by atoms with van der Waals surface area (Å²) in [6, 6.07) is 7.84. The molecule has 2 heterocycles. The first-order valence-corrected chi connectivity index (χ1v) is 12.1. The summed E-state index contributed by atoms with van der Waals surface area (Å²) in [6.07, 6.45) is 5.27. The molecule has 0 unspecified atom stereocenters. The molecule has 1 aromatic carbocycles. The Bertz CT molecular complexity index is 1010. The number of nitrogens with one attached hydrogen (secondary N) is 2. The van der Waals surface area contributed by atoms with Crippen LogP contribution in [0, 0.1) is 11.2 Å². The Labute approximate surface area is 201 Å². The molecule has 1 aliphatic heterocycles. The molecule has 0 saturated heterocycles. The maximum Gasteiger partial charge on any atom is 0.218 e. The molecule has 2 aliphatic rings. The molecule has 184 valence electrons. The minimum Gasteiger partial charge on any atom is -0.471 e. The molecule has 34 heavy (non-hydrogen) atoms. The maximum atomic E-state index is 13.3. The summed E-state index contributed by atoms with van der Waals surface area (Å²) in [5, 5.41) is 17.4. The summed E-state index contributed by atoms with van der Waals surface area (Å²) in [6.45, 7) is 8.36. The lowest BCUT2D eigenvalue weighted by Crippen LogP contribution is -2.49. The molecule has 6 nitrogen and oxygen atoms in total. The number of nitrogens with zero attached hydrogens (tertiary/aromatic N) is 1. The van der Waals surface area contributed by atoms with Gasteiger partial charge in [-0.05, 0) is 60.4 Å². The summed E-state index contributed by atoms with van der Waals surface area (Å²) >= 11 is 0. The summed E-state index contributed by atoms with van der Waals surface area (Å²) in [5.74, 6) is 0.155. The number of benzene rings is 1. The van der Waals surface area contributed by atoms with Crippen molar-refractivity contribution in [1.82, 2.24) is 15.6 Å². The van der Waals surface area contributed by atoms with Gasteiger partial charge in [-0.2, -0.15) is 0 Å². The summed E-state index contributed by atoms with van der Waals surface area (Å²) in [4.78, 5) is 16.4. The van der Waals surface area contributed by atoms with Gasteiger partial charge in [-0.25, -0.2) is 9.37 Å². The zero-order valence-corrected chi connectivity index (χ0v) is 20.5. The predicted molar refractivity (Wildman–Crippen MR) is 129 cm³/mol. The molecule has 4 rings (SSSR count). The Morgan fingerprint density at radius 1 is 1.26 bits per heavy atom. The Kier molecular flexibility index (Phi) is 6.97. The lowest BCUT2D eigenvalue weighted by atomic mass is 9.87. The van der Waals surface area contributed by atoms with E-state index < -0.39 is 12.1 Å². The van der Waals surface area contributed by atoms with Crippen LogP contribution in [0.4, 0.5) is 4.39 Å². The summed E-state index contributed by atoms with van der Waals surface area (Å²) < 4.78 is 19.5. The predicted octanol–water partition coefficient (Wildman–Crippen LogP) is 3.86. The Hall–Kier alpha value is -2.51. The summed E-state index contributed by atoms with van der Waals surface area (Å²) in [7, 11) is 0. The Morgan fingerprint density at radius 2 is 1.97 bits per heavy atom. The standard InChI is InChI=1S/C27H36FN3O3/c1-17(32)31-22(12-18-5-7-20(28)8-6-18)24(33)16-29-23-14-27(9-10-27)34-25-21(23)11-19(15-30-25)13-26(2,3)4/h5-8,11,15,22-24,29,33H,9-10,12-14,16H2,1-4H3,(H,31,32)/t22-,23-,24+/m0/s1. The van der Waals surface area contributed by atoms with Crippen molar-refractivity contribution in [1.29, 1.82) is 0 Å². The lowest BCUT2D eigenvalue weighted by molar-refractivity contribution is -0.120. The van der Waals surface area contributed by atoms with Crippen molar-refractivity contribution < 1.29 is 19.0 Å². The zero-order valence-electron chi connectivity index (χ0n) is 20.5. The van der Waals surface area contributed by atoms with Crippen LogP contribution in [0.5, 0.6) is 5.88 Å². The number of carbonyl (C=O) groups excluding carboxylic acids is 1. The number of rotatable bonds is 8. The molecule has 1 saturated carbocycles. The number of fused-ring (bicyclic) bond motifs is 1. The van der Waals surface area contributed by atoms with Crippen molar-refractivity contribution >= 4 is 5.91 Å². The molecule has 1 spiro atoms. The number of pyridine rings is 1. The first-order valence-electron chi connectivity index (χ1n) is 12.1. The van der Waals surface area contributed by atoms with Gasteiger partial charge in [-0.3, -0.25) is 4.79 Å². The lowest BCUT2D eigenvalue weighted by Gasteiger charge is -2.34. The highest BCUT2D eigenvalue weighted by Crippen LogP contribution is 2.51. The number of aliphatic hydroxyl groups excluding tert-OH is 1. The fraction of sp³-hybridized carbons (Fsp3) is 0.556. The van der Waals surface area contributed by atoms with Crippen molar-refractivity contribution in [2.24, 2.45) is 5.41 Å². The molecular weight excluding hydrogens is 433 g/mol. The highest BCUT2D eigenvalue weighted by molar-refractivity contribution is 5.73. The Morgan fingerprint density at radius 3 is 2.59 bits per heavy atom. The quantitative estimate of drug-likeness (QED) is 0.547. The molecule has 2 aromatic rings. The number of aromatic nitrogens is 1. The van der Waals surface area contributed by atoms with Gasteiger partial charge in [0.1, 0.15) is 11.4 Å². The normalized spacial score (nSPS) is 20.2. The zero-order chi connectivity index (χ0) is 24.5. The van der Waals surface area contributed by atoms with Crippen molar-refractivity contribution in [3.8, 4) is 5.88 Å². The first-order chi connectivity index (χ1) is 16.0. The minimum atomic E-state index is -0.818. The molecule has 1 amide bonds. The van der Waals surface area contributed by atoms with Gasteiger partial charge in [-0.1, -0.05) is 32.9 Å². The van der Waals surface area contributed by atoms with E-state index in [2.05, 4.69) is 42.5 Å². The van der Waals surface area contributed by atoms with Gasteiger partial charge in [-0.15, -0.1) is 0 Å². The van der Waals surface area contributed by atoms with Gasteiger partial charge >= 0.3 is 0 Å². The average molecular weight is 470 g/mol. The van der Waals surface area contributed by atoms with Crippen LogP contribution in [0.3, 0.4) is 0 Å². The van der Waals surface area contributed by atoms with Gasteiger partial charge in [0.2, 0.25) is 11.8 Å². The van der Waals surface area contributed by atoms with Crippen LogP contribution in [0.15, 0.2) is 36.5 Å². The SMILES string of the molecule is CC(=O)N[C@@H](Cc1ccc(F)cc1)[C@H](O)CN[C@H]1CC2(CC2)Oc2ncc(CC(C)(C)C)cc21. The van der Waals surface area contributed by atoms with E-state index in [0.717, 1.165) is 36.8 Å². The molecule has 1 fully saturated rings. The van der Waals surface area contributed by atoms with E-state index in [-0.39, 0.29) is 28.8 Å². The summed E-state index contributed by atoms with van der Waals surface area (Å²) in [5.41, 5.74) is 3.04. The van der Waals surface area contributed by atoms with Gasteiger partial charge in [0.25, 0.3) is 0 Å². The number of ether oxygens (including phenoxy) is 1. The van der Waals surface area contributed by atoms with Crippen LogP contribution in [-0.2, 0) is 17.6 Å². The van der Waals surface area contributed by atoms with Gasteiger partial charge < -0.3 is 20.5 Å². The van der Waals surface area contributed by atoms with Crippen LogP contribution in [-0.4, -0.2) is 40.3 Å². The number of carbonyl (C=O) groups is 1. The number of amides is 1. The molecule has 1 aliphatic carbocycles. The largest absolute Gasteiger partial charge is 0.471 e. The molecule has 3 atom stereocenters. The van der Waals surface area contributed by atoms with Crippen LogP contribution in [0.1, 0.15) is 69.7 Å². The highest BCUT2D eigenvalue weighted by atomic mass is 19.1. The second kappa shape index (κ2) is 9.62. The Balaban J connectivity index is 1.48. The van der Waals surface area contributed by atoms with Crippen LogP contribution >= 0.6 is 0 Å². The van der Waals surface area contributed by atoms with E-state index in [1.165, 1.54) is 24.6 Å². The van der Waals surface area contributed by atoms with Gasteiger partial charge in [0.15, 0.2) is 0 Å². The fourth-order valence-electron chi connectivity index (χ4n) is 4.74. The van der Waals surface area contributed by atoms with Crippen LogP contribution in [0.2, 0.25) is 0 Å². The average Bonchev–Trinajstić information content (AvgIpc) is 3.50. The monoisotopic (exact) mass is 469 g/mol. The third kappa shape index (κ3) is 6.33. The van der Waals surface area contributed by atoms with E-state index in [1.54, 1.807) is 12.1 Å². The minimum absolute atomic E-state index is 0.0112. The number of hydrogen-bond donors (Lipinski definition) is 3. The second-order valence-electron chi connectivity index (χ2n) is 11.1. The van der Waals surface area contributed by atoms with Gasteiger partial charge in [0.05, 0.1) is 12.1 Å². The van der Waals surface area contributed by atoms with E-state index in [0.29, 0.717) is 18.8 Å². The smallest absolute Gasteiger partial charge is 0.218 e. The molecule has 0 bridgehead atoms. The number of halogens is 1. The van der Waals surface area contributed by atoms with E-state index >= 15 is 0 Å². The van der Waals surface area contributed by atoms with E-state index in [1.807, 2.05) is 6.20 Å². The van der Waals surface area contributed by atoms with Crippen molar-refractivity contribution in [3.63, 3.8) is 0 Å². The van der Waals surface area contributed by atoms with Crippen molar-refractivity contribution in [2.75, 3.05) is 6.54 Å².